The van der Waals surface area contributed by atoms with Gasteiger partial charge in [0.15, 0.2) is 0 Å². The van der Waals surface area contributed by atoms with Gasteiger partial charge in [0.25, 0.3) is 0 Å². The molecule has 0 spiro atoms. The van der Waals surface area contributed by atoms with Crippen molar-refractivity contribution in [2.24, 2.45) is 0 Å². The molecule has 2 rings (SSSR count). The summed E-state index contributed by atoms with van der Waals surface area (Å²) in [6, 6.07) is 11.6. The van der Waals surface area contributed by atoms with Crippen LogP contribution in [0.3, 0.4) is 0 Å². The average molecular weight is 338 g/mol. The zero-order valence-corrected chi connectivity index (χ0v) is 12.4. The lowest BCUT2D eigenvalue weighted by Crippen LogP contribution is -2.08. The van der Waals surface area contributed by atoms with Crippen molar-refractivity contribution in [1.29, 1.82) is 0 Å². The normalized spacial score (nSPS) is 10.2. The smallest absolute Gasteiger partial charge is 0.339 e. The molecule has 0 saturated carbocycles. The number of anilines is 1. The molecule has 0 fully saturated rings. The molecule has 2 aromatic carbocycles. The molecule has 2 aromatic rings. The van der Waals surface area contributed by atoms with Gasteiger partial charge in [-0.15, -0.1) is 0 Å². The highest BCUT2D eigenvalue weighted by Gasteiger charge is 2.12. The Morgan fingerprint density at radius 1 is 1.30 bits per heavy atom. The molecule has 0 aliphatic carbocycles. The van der Waals surface area contributed by atoms with Crippen LogP contribution in [0.1, 0.15) is 15.9 Å². The maximum Gasteiger partial charge on any atom is 0.339 e. The number of carbonyl (C=O) groups is 1. The summed E-state index contributed by atoms with van der Waals surface area (Å²) in [5.74, 6) is -0.906. The SMILES string of the molecule is COC(=O)c1ccc(F)cc1NCc1cccc(Br)c1. The van der Waals surface area contributed by atoms with Gasteiger partial charge in [-0.3, -0.25) is 0 Å². The Labute approximate surface area is 124 Å². The Bertz CT molecular complexity index is 631. The van der Waals surface area contributed by atoms with Gasteiger partial charge in [0.05, 0.1) is 18.4 Å². The predicted octanol–water partition coefficient (Wildman–Crippen LogP) is 3.99. The van der Waals surface area contributed by atoms with Crippen molar-refractivity contribution in [3.63, 3.8) is 0 Å². The van der Waals surface area contributed by atoms with Crippen LogP contribution in [-0.2, 0) is 11.3 Å². The zero-order valence-electron chi connectivity index (χ0n) is 10.8. The number of esters is 1. The maximum atomic E-state index is 13.3. The minimum absolute atomic E-state index is 0.309. The summed E-state index contributed by atoms with van der Waals surface area (Å²) in [4.78, 5) is 11.6. The minimum Gasteiger partial charge on any atom is -0.465 e. The summed E-state index contributed by atoms with van der Waals surface area (Å²) in [5, 5.41) is 3.05. The first kappa shape index (κ1) is 14.5. The van der Waals surface area contributed by atoms with Crippen LogP contribution in [0.15, 0.2) is 46.9 Å². The van der Waals surface area contributed by atoms with Gasteiger partial charge < -0.3 is 10.1 Å². The van der Waals surface area contributed by atoms with Crippen LogP contribution < -0.4 is 5.32 Å². The Balaban J connectivity index is 2.20. The third kappa shape index (κ3) is 3.57. The van der Waals surface area contributed by atoms with Crippen molar-refractivity contribution in [2.75, 3.05) is 12.4 Å². The molecule has 0 radical (unpaired) electrons. The number of benzene rings is 2. The Morgan fingerprint density at radius 2 is 2.10 bits per heavy atom. The third-order valence-corrected chi connectivity index (χ3v) is 3.25. The van der Waals surface area contributed by atoms with Crippen molar-refractivity contribution in [3.05, 3.63) is 63.9 Å². The van der Waals surface area contributed by atoms with E-state index in [1.165, 1.54) is 25.3 Å². The van der Waals surface area contributed by atoms with Gasteiger partial charge in [-0.2, -0.15) is 0 Å². The quantitative estimate of drug-likeness (QED) is 0.857. The lowest BCUT2D eigenvalue weighted by Gasteiger charge is -2.11. The average Bonchev–Trinajstić information content (AvgIpc) is 2.44. The molecule has 0 aliphatic heterocycles. The molecule has 0 atom stereocenters. The summed E-state index contributed by atoms with van der Waals surface area (Å²) >= 11 is 3.39. The Kier molecular flexibility index (Phi) is 4.74. The van der Waals surface area contributed by atoms with Crippen molar-refractivity contribution in [3.8, 4) is 0 Å². The molecule has 0 aliphatic rings. The first-order chi connectivity index (χ1) is 9.60. The standard InChI is InChI=1S/C15H13BrFNO2/c1-20-15(19)13-6-5-12(17)8-14(13)18-9-10-3-2-4-11(16)7-10/h2-8,18H,9H2,1H3. The molecule has 0 heterocycles. The molecule has 5 heteroatoms. The summed E-state index contributed by atoms with van der Waals surface area (Å²) in [7, 11) is 1.30. The topological polar surface area (TPSA) is 38.3 Å². The first-order valence-corrected chi connectivity index (χ1v) is 6.75. The number of ether oxygens (including phenoxy) is 1. The zero-order chi connectivity index (χ0) is 14.5. The molecule has 0 saturated heterocycles. The predicted molar refractivity (Wildman–Crippen MR) is 79.2 cm³/mol. The molecular formula is C15H13BrFNO2. The van der Waals surface area contributed by atoms with E-state index in [-0.39, 0.29) is 0 Å². The molecule has 3 nitrogen and oxygen atoms in total. The molecular weight excluding hydrogens is 325 g/mol. The monoisotopic (exact) mass is 337 g/mol. The van der Waals surface area contributed by atoms with E-state index in [0.717, 1.165) is 10.0 Å². The second kappa shape index (κ2) is 6.52. The van der Waals surface area contributed by atoms with Gasteiger partial charge in [0.1, 0.15) is 5.82 Å². The summed E-state index contributed by atoms with van der Waals surface area (Å²) in [6.07, 6.45) is 0. The molecule has 0 amide bonds. The van der Waals surface area contributed by atoms with Crippen LogP contribution in [0.5, 0.6) is 0 Å². The van der Waals surface area contributed by atoms with Gasteiger partial charge in [0.2, 0.25) is 0 Å². The molecule has 1 N–H and O–H groups in total. The van der Waals surface area contributed by atoms with Crippen molar-refractivity contribution < 1.29 is 13.9 Å². The maximum absolute atomic E-state index is 13.3. The lowest BCUT2D eigenvalue weighted by molar-refractivity contribution is 0.0602. The highest BCUT2D eigenvalue weighted by Crippen LogP contribution is 2.20. The molecule has 0 aromatic heterocycles. The fraction of sp³-hybridized carbons (Fsp3) is 0.133. The van der Waals surface area contributed by atoms with E-state index in [2.05, 4.69) is 26.0 Å². The van der Waals surface area contributed by atoms with Gasteiger partial charge in [0, 0.05) is 11.0 Å². The van der Waals surface area contributed by atoms with E-state index in [4.69, 9.17) is 0 Å². The van der Waals surface area contributed by atoms with E-state index in [0.29, 0.717) is 17.8 Å². The number of nitrogens with one attached hydrogen (secondary N) is 1. The number of hydrogen-bond acceptors (Lipinski definition) is 3. The van der Waals surface area contributed by atoms with E-state index in [1.54, 1.807) is 0 Å². The number of halogens is 2. The van der Waals surface area contributed by atoms with E-state index < -0.39 is 11.8 Å². The summed E-state index contributed by atoms with van der Waals surface area (Å²) in [5.41, 5.74) is 1.74. The highest BCUT2D eigenvalue weighted by atomic mass is 79.9. The third-order valence-electron chi connectivity index (χ3n) is 2.76. The fourth-order valence-corrected chi connectivity index (χ4v) is 2.24. The second-order valence-corrected chi connectivity index (χ2v) is 5.08. The van der Waals surface area contributed by atoms with Gasteiger partial charge >= 0.3 is 5.97 Å². The van der Waals surface area contributed by atoms with Crippen LogP contribution in [0.4, 0.5) is 10.1 Å². The van der Waals surface area contributed by atoms with Gasteiger partial charge in [-0.05, 0) is 35.9 Å². The van der Waals surface area contributed by atoms with Gasteiger partial charge in [-0.1, -0.05) is 28.1 Å². The lowest BCUT2D eigenvalue weighted by atomic mass is 10.1. The van der Waals surface area contributed by atoms with Crippen LogP contribution in [0.2, 0.25) is 0 Å². The largest absolute Gasteiger partial charge is 0.465 e. The number of rotatable bonds is 4. The Hall–Kier alpha value is -1.88. The van der Waals surface area contributed by atoms with Crippen molar-refractivity contribution in [2.45, 2.75) is 6.54 Å². The molecule has 0 unspecified atom stereocenters. The van der Waals surface area contributed by atoms with Crippen LogP contribution in [0.25, 0.3) is 0 Å². The fourth-order valence-electron chi connectivity index (χ4n) is 1.79. The van der Waals surface area contributed by atoms with E-state index in [1.807, 2.05) is 24.3 Å². The number of hydrogen-bond donors (Lipinski definition) is 1. The summed E-state index contributed by atoms with van der Waals surface area (Å²) < 4.78 is 18.9. The second-order valence-electron chi connectivity index (χ2n) is 4.16. The molecule has 20 heavy (non-hydrogen) atoms. The van der Waals surface area contributed by atoms with Crippen LogP contribution in [-0.4, -0.2) is 13.1 Å². The number of methoxy groups -OCH3 is 1. The van der Waals surface area contributed by atoms with E-state index in [9.17, 15) is 9.18 Å². The molecule has 104 valence electrons. The highest BCUT2D eigenvalue weighted by molar-refractivity contribution is 9.10. The van der Waals surface area contributed by atoms with Gasteiger partial charge in [-0.25, -0.2) is 9.18 Å². The first-order valence-electron chi connectivity index (χ1n) is 5.96. The molecule has 0 bridgehead atoms. The Morgan fingerprint density at radius 3 is 2.80 bits per heavy atom. The number of carbonyl (C=O) groups excluding carboxylic acids is 1. The van der Waals surface area contributed by atoms with Crippen molar-refractivity contribution >= 4 is 27.6 Å². The van der Waals surface area contributed by atoms with Crippen LogP contribution in [0, 0.1) is 5.82 Å². The van der Waals surface area contributed by atoms with Crippen LogP contribution >= 0.6 is 15.9 Å². The minimum atomic E-state index is -0.498. The van der Waals surface area contributed by atoms with E-state index >= 15 is 0 Å². The summed E-state index contributed by atoms with van der Waals surface area (Å²) in [6.45, 7) is 0.479. The van der Waals surface area contributed by atoms with Crippen molar-refractivity contribution in [1.82, 2.24) is 0 Å².